The molecule has 0 fully saturated rings. The third-order valence-electron chi connectivity index (χ3n) is 2.57. The highest BCUT2D eigenvalue weighted by atomic mass is 32.1. The number of rotatable bonds is 4. The summed E-state index contributed by atoms with van der Waals surface area (Å²) in [6.07, 6.45) is 1.05. The average molecular weight is 232 g/mol. The number of hydrogen-bond acceptors (Lipinski definition) is 3. The molecular formula is C13H16N2S. The number of nitrogen functional groups attached to an aromatic ring is 1. The van der Waals surface area contributed by atoms with E-state index in [1.165, 1.54) is 11.1 Å². The number of nitrogens with two attached hydrogens (primary N) is 1. The maximum Gasteiger partial charge on any atom is 0.0390 e. The van der Waals surface area contributed by atoms with Gasteiger partial charge in [0.25, 0.3) is 0 Å². The van der Waals surface area contributed by atoms with E-state index in [4.69, 9.17) is 5.73 Å². The number of thiophene rings is 1. The summed E-state index contributed by atoms with van der Waals surface area (Å²) in [6, 6.07) is 8.13. The lowest BCUT2D eigenvalue weighted by atomic mass is 10.1. The fraction of sp³-hybridized carbons (Fsp3) is 0.231. The van der Waals surface area contributed by atoms with E-state index < -0.39 is 0 Å². The van der Waals surface area contributed by atoms with Crippen LogP contribution in [0.3, 0.4) is 0 Å². The Morgan fingerprint density at radius 3 is 2.94 bits per heavy atom. The highest BCUT2D eigenvalue weighted by Gasteiger charge is 1.98. The first-order valence-corrected chi connectivity index (χ1v) is 6.31. The fourth-order valence-corrected chi connectivity index (χ4v) is 2.31. The summed E-state index contributed by atoms with van der Waals surface area (Å²) >= 11 is 1.74. The van der Waals surface area contributed by atoms with Crippen LogP contribution >= 0.6 is 11.3 Å². The molecule has 1 heterocycles. The minimum atomic E-state index is 0.809. The van der Waals surface area contributed by atoms with Gasteiger partial charge in [0.05, 0.1) is 0 Å². The lowest BCUT2D eigenvalue weighted by molar-refractivity contribution is 1.02. The van der Waals surface area contributed by atoms with Crippen molar-refractivity contribution in [1.82, 2.24) is 0 Å². The van der Waals surface area contributed by atoms with Crippen molar-refractivity contribution in [1.29, 1.82) is 0 Å². The maximum atomic E-state index is 5.76. The van der Waals surface area contributed by atoms with E-state index in [2.05, 4.69) is 29.1 Å². The molecule has 0 aliphatic heterocycles. The molecule has 1 aromatic carbocycles. The van der Waals surface area contributed by atoms with Crippen LogP contribution in [0, 0.1) is 6.92 Å². The van der Waals surface area contributed by atoms with Gasteiger partial charge in [-0.2, -0.15) is 11.3 Å². The van der Waals surface area contributed by atoms with Gasteiger partial charge >= 0.3 is 0 Å². The zero-order valence-electron chi connectivity index (χ0n) is 9.36. The summed E-state index contributed by atoms with van der Waals surface area (Å²) in [5.74, 6) is 0. The van der Waals surface area contributed by atoms with Gasteiger partial charge in [0.15, 0.2) is 0 Å². The van der Waals surface area contributed by atoms with Crippen molar-refractivity contribution in [3.63, 3.8) is 0 Å². The molecule has 3 heteroatoms. The van der Waals surface area contributed by atoms with Crippen molar-refractivity contribution in [2.24, 2.45) is 0 Å². The zero-order chi connectivity index (χ0) is 11.4. The predicted octanol–water partition coefficient (Wildman–Crippen LogP) is 3.29. The number of hydrogen-bond donors (Lipinski definition) is 2. The first-order valence-electron chi connectivity index (χ1n) is 5.37. The molecule has 0 aliphatic rings. The van der Waals surface area contributed by atoms with Crippen LogP contribution in [-0.2, 0) is 6.42 Å². The van der Waals surface area contributed by atoms with Crippen molar-refractivity contribution in [3.05, 3.63) is 46.2 Å². The lowest BCUT2D eigenvalue weighted by Gasteiger charge is -2.09. The van der Waals surface area contributed by atoms with Crippen LogP contribution in [0.15, 0.2) is 35.0 Å². The highest BCUT2D eigenvalue weighted by Crippen LogP contribution is 2.18. The summed E-state index contributed by atoms with van der Waals surface area (Å²) in [5.41, 5.74) is 10.3. The molecule has 2 aromatic rings. The van der Waals surface area contributed by atoms with Crippen molar-refractivity contribution >= 4 is 22.7 Å². The zero-order valence-corrected chi connectivity index (χ0v) is 10.2. The Morgan fingerprint density at radius 2 is 2.19 bits per heavy atom. The van der Waals surface area contributed by atoms with Gasteiger partial charge in [0.2, 0.25) is 0 Å². The summed E-state index contributed by atoms with van der Waals surface area (Å²) < 4.78 is 0. The van der Waals surface area contributed by atoms with Gasteiger partial charge in [-0.25, -0.2) is 0 Å². The quantitative estimate of drug-likeness (QED) is 0.794. The SMILES string of the molecule is Cc1ccc(N)cc1NCCc1ccsc1. The molecule has 0 saturated carbocycles. The monoisotopic (exact) mass is 232 g/mol. The van der Waals surface area contributed by atoms with E-state index >= 15 is 0 Å². The maximum absolute atomic E-state index is 5.76. The van der Waals surface area contributed by atoms with Crippen LogP contribution in [0.5, 0.6) is 0 Å². The van der Waals surface area contributed by atoms with E-state index in [0.29, 0.717) is 0 Å². The Balaban J connectivity index is 1.92. The molecular weight excluding hydrogens is 216 g/mol. The van der Waals surface area contributed by atoms with Gasteiger partial charge in [-0.15, -0.1) is 0 Å². The molecule has 0 unspecified atom stereocenters. The van der Waals surface area contributed by atoms with Crippen LogP contribution in [0.1, 0.15) is 11.1 Å². The third kappa shape index (κ3) is 2.76. The van der Waals surface area contributed by atoms with Gasteiger partial charge in [-0.1, -0.05) is 6.07 Å². The number of aryl methyl sites for hydroxylation is 1. The number of benzene rings is 1. The van der Waals surface area contributed by atoms with E-state index in [1.54, 1.807) is 11.3 Å². The van der Waals surface area contributed by atoms with E-state index in [0.717, 1.165) is 24.3 Å². The molecule has 16 heavy (non-hydrogen) atoms. The van der Waals surface area contributed by atoms with Crippen molar-refractivity contribution in [3.8, 4) is 0 Å². The van der Waals surface area contributed by atoms with Crippen molar-refractivity contribution < 1.29 is 0 Å². The smallest absolute Gasteiger partial charge is 0.0390 e. The molecule has 0 aliphatic carbocycles. The molecule has 0 amide bonds. The minimum Gasteiger partial charge on any atom is -0.399 e. The predicted molar refractivity (Wildman–Crippen MR) is 72.1 cm³/mol. The van der Waals surface area contributed by atoms with Crippen LogP contribution in [0.2, 0.25) is 0 Å². The van der Waals surface area contributed by atoms with E-state index in [9.17, 15) is 0 Å². The molecule has 0 radical (unpaired) electrons. The van der Waals surface area contributed by atoms with Crippen LogP contribution < -0.4 is 11.1 Å². The number of anilines is 2. The number of nitrogens with one attached hydrogen (secondary N) is 1. The Hall–Kier alpha value is -1.48. The molecule has 0 atom stereocenters. The summed E-state index contributed by atoms with van der Waals surface area (Å²) in [7, 11) is 0. The Kier molecular flexibility index (Phi) is 3.47. The topological polar surface area (TPSA) is 38.0 Å². The van der Waals surface area contributed by atoms with Gasteiger partial charge in [-0.05, 0) is 53.4 Å². The van der Waals surface area contributed by atoms with E-state index in [-0.39, 0.29) is 0 Å². The molecule has 84 valence electrons. The average Bonchev–Trinajstić information content (AvgIpc) is 2.76. The standard InChI is InChI=1S/C13H16N2S/c1-10-2-3-12(14)8-13(10)15-6-4-11-5-7-16-9-11/h2-3,5,7-9,15H,4,6,14H2,1H3. The van der Waals surface area contributed by atoms with Gasteiger partial charge in [-0.3, -0.25) is 0 Å². The molecule has 0 saturated heterocycles. The Morgan fingerprint density at radius 1 is 1.31 bits per heavy atom. The third-order valence-corrected chi connectivity index (χ3v) is 3.30. The normalized spacial score (nSPS) is 10.3. The van der Waals surface area contributed by atoms with Crippen molar-refractivity contribution in [2.75, 3.05) is 17.6 Å². The highest BCUT2D eigenvalue weighted by molar-refractivity contribution is 7.07. The minimum absolute atomic E-state index is 0.809. The van der Waals surface area contributed by atoms with E-state index in [1.807, 2.05) is 18.2 Å². The second-order valence-electron chi connectivity index (χ2n) is 3.88. The second-order valence-corrected chi connectivity index (χ2v) is 4.66. The van der Waals surface area contributed by atoms with Gasteiger partial charge < -0.3 is 11.1 Å². The van der Waals surface area contributed by atoms with Crippen LogP contribution in [0.25, 0.3) is 0 Å². The van der Waals surface area contributed by atoms with Crippen molar-refractivity contribution in [2.45, 2.75) is 13.3 Å². The second kappa shape index (κ2) is 5.03. The fourth-order valence-electron chi connectivity index (χ4n) is 1.61. The Bertz CT molecular complexity index is 449. The molecule has 3 N–H and O–H groups in total. The lowest BCUT2D eigenvalue weighted by Crippen LogP contribution is -2.05. The molecule has 2 rings (SSSR count). The summed E-state index contributed by atoms with van der Waals surface area (Å²) in [6.45, 7) is 3.04. The first-order chi connectivity index (χ1) is 7.75. The van der Waals surface area contributed by atoms with Gasteiger partial charge in [0, 0.05) is 17.9 Å². The molecule has 2 nitrogen and oxygen atoms in total. The summed E-state index contributed by atoms with van der Waals surface area (Å²) in [4.78, 5) is 0. The van der Waals surface area contributed by atoms with Crippen LogP contribution in [-0.4, -0.2) is 6.54 Å². The molecule has 1 aromatic heterocycles. The molecule has 0 spiro atoms. The Labute approximate surface area is 100 Å². The summed E-state index contributed by atoms with van der Waals surface area (Å²) in [5, 5.41) is 7.72. The van der Waals surface area contributed by atoms with Gasteiger partial charge in [0.1, 0.15) is 0 Å². The van der Waals surface area contributed by atoms with Crippen LogP contribution in [0.4, 0.5) is 11.4 Å². The molecule has 0 bridgehead atoms. The first kappa shape index (κ1) is 11.0. The largest absolute Gasteiger partial charge is 0.399 e.